The third-order valence-corrected chi connectivity index (χ3v) is 3.68. The molecule has 0 bridgehead atoms. The number of aromatic nitrogens is 1. The van der Waals surface area contributed by atoms with E-state index >= 15 is 0 Å². The van der Waals surface area contributed by atoms with Crippen LogP contribution in [0.1, 0.15) is 16.1 Å². The van der Waals surface area contributed by atoms with Gasteiger partial charge >= 0.3 is 0 Å². The van der Waals surface area contributed by atoms with Gasteiger partial charge in [0, 0.05) is 10.9 Å². The van der Waals surface area contributed by atoms with Crippen LogP contribution in [0.5, 0.6) is 0 Å². The van der Waals surface area contributed by atoms with Crippen LogP contribution in [0.4, 0.5) is 0 Å². The lowest BCUT2D eigenvalue weighted by molar-refractivity contribution is 1.28. The summed E-state index contributed by atoms with van der Waals surface area (Å²) >= 11 is 7.96. The SMILES string of the molecule is Cc1nc(-c2c(C)ccc(C)c2Cl)cs1. The molecule has 0 N–H and O–H groups in total. The highest BCUT2D eigenvalue weighted by Crippen LogP contribution is 2.33. The smallest absolute Gasteiger partial charge is 0.0901 e. The highest BCUT2D eigenvalue weighted by atomic mass is 35.5. The van der Waals surface area contributed by atoms with E-state index in [4.69, 9.17) is 11.6 Å². The minimum atomic E-state index is 0.820. The number of rotatable bonds is 1. The summed E-state index contributed by atoms with van der Waals surface area (Å²) in [5, 5.41) is 3.95. The molecule has 15 heavy (non-hydrogen) atoms. The zero-order valence-corrected chi connectivity index (χ0v) is 10.5. The van der Waals surface area contributed by atoms with Gasteiger partial charge in [-0.25, -0.2) is 4.98 Å². The van der Waals surface area contributed by atoms with Crippen LogP contribution in [0, 0.1) is 20.8 Å². The molecule has 1 aromatic heterocycles. The number of halogens is 1. The summed E-state index contributed by atoms with van der Waals surface area (Å²) in [4.78, 5) is 4.48. The molecule has 0 unspecified atom stereocenters. The molecule has 3 heteroatoms. The largest absolute Gasteiger partial charge is 0.241 e. The van der Waals surface area contributed by atoms with Crippen molar-refractivity contribution in [2.75, 3.05) is 0 Å². The van der Waals surface area contributed by atoms with E-state index in [2.05, 4.69) is 23.4 Å². The summed E-state index contributed by atoms with van der Waals surface area (Å²) in [5.41, 5.74) is 4.34. The van der Waals surface area contributed by atoms with E-state index in [1.54, 1.807) is 11.3 Å². The third-order valence-electron chi connectivity index (χ3n) is 2.42. The van der Waals surface area contributed by atoms with Crippen molar-refractivity contribution in [2.24, 2.45) is 0 Å². The molecular formula is C12H12ClNS. The monoisotopic (exact) mass is 237 g/mol. The first kappa shape index (κ1) is 10.7. The first-order valence-corrected chi connectivity index (χ1v) is 6.03. The van der Waals surface area contributed by atoms with Crippen LogP contribution >= 0.6 is 22.9 Å². The van der Waals surface area contributed by atoms with Crippen LogP contribution in [-0.4, -0.2) is 4.98 Å². The van der Waals surface area contributed by atoms with Gasteiger partial charge in [-0.2, -0.15) is 0 Å². The van der Waals surface area contributed by atoms with E-state index in [0.29, 0.717) is 0 Å². The maximum absolute atomic E-state index is 6.31. The number of benzene rings is 1. The van der Waals surface area contributed by atoms with Crippen LogP contribution in [0.2, 0.25) is 5.02 Å². The molecule has 0 aliphatic heterocycles. The van der Waals surface area contributed by atoms with Crippen molar-refractivity contribution >= 4 is 22.9 Å². The second-order valence-corrected chi connectivity index (χ2v) is 5.08. The first-order chi connectivity index (χ1) is 7.09. The summed E-state index contributed by atoms with van der Waals surface area (Å²) in [6.07, 6.45) is 0. The fraction of sp³-hybridized carbons (Fsp3) is 0.250. The molecule has 0 spiro atoms. The maximum atomic E-state index is 6.31. The molecule has 1 nitrogen and oxygen atoms in total. The summed E-state index contributed by atoms with van der Waals surface area (Å²) in [6.45, 7) is 6.09. The first-order valence-electron chi connectivity index (χ1n) is 4.78. The Bertz CT molecular complexity index is 502. The van der Waals surface area contributed by atoms with Gasteiger partial charge in [-0.05, 0) is 31.9 Å². The Balaban J connectivity index is 2.66. The van der Waals surface area contributed by atoms with Crippen molar-refractivity contribution in [2.45, 2.75) is 20.8 Å². The van der Waals surface area contributed by atoms with E-state index < -0.39 is 0 Å². The molecule has 1 heterocycles. The average molecular weight is 238 g/mol. The highest BCUT2D eigenvalue weighted by Gasteiger charge is 2.11. The van der Waals surface area contributed by atoms with E-state index in [1.165, 1.54) is 5.56 Å². The van der Waals surface area contributed by atoms with Crippen LogP contribution < -0.4 is 0 Å². The van der Waals surface area contributed by atoms with Crippen LogP contribution in [0.15, 0.2) is 17.5 Å². The quantitative estimate of drug-likeness (QED) is 0.717. The van der Waals surface area contributed by atoms with Gasteiger partial charge in [-0.3, -0.25) is 0 Å². The standard InChI is InChI=1S/C12H12ClNS/c1-7-4-5-8(2)12(13)11(7)10-6-15-9(3)14-10/h4-6H,1-3H3. The Kier molecular flexibility index (Phi) is 2.81. The molecule has 2 aromatic rings. The lowest BCUT2D eigenvalue weighted by Crippen LogP contribution is -1.88. The minimum Gasteiger partial charge on any atom is -0.241 e. The topological polar surface area (TPSA) is 12.9 Å². The predicted molar refractivity (Wildman–Crippen MR) is 66.8 cm³/mol. The molecule has 0 aliphatic carbocycles. The van der Waals surface area contributed by atoms with Gasteiger partial charge in [0.15, 0.2) is 0 Å². The molecule has 78 valence electrons. The zero-order chi connectivity index (χ0) is 11.0. The van der Waals surface area contributed by atoms with Gasteiger partial charge in [0.1, 0.15) is 0 Å². The number of thiazole rings is 1. The molecular weight excluding hydrogens is 226 g/mol. The van der Waals surface area contributed by atoms with E-state index in [0.717, 1.165) is 26.9 Å². The number of aryl methyl sites for hydroxylation is 3. The molecule has 0 radical (unpaired) electrons. The summed E-state index contributed by atoms with van der Waals surface area (Å²) in [7, 11) is 0. The number of hydrogen-bond acceptors (Lipinski definition) is 2. The molecule has 1 aromatic carbocycles. The van der Waals surface area contributed by atoms with Gasteiger partial charge in [0.2, 0.25) is 0 Å². The Labute approximate surface area is 98.7 Å². The Morgan fingerprint density at radius 1 is 1.13 bits per heavy atom. The van der Waals surface area contributed by atoms with Crippen LogP contribution in [0.25, 0.3) is 11.3 Å². The maximum Gasteiger partial charge on any atom is 0.0901 e. The van der Waals surface area contributed by atoms with Gasteiger partial charge in [0.25, 0.3) is 0 Å². The Morgan fingerprint density at radius 3 is 2.40 bits per heavy atom. The van der Waals surface area contributed by atoms with Crippen LogP contribution in [0.3, 0.4) is 0 Å². The van der Waals surface area contributed by atoms with Crippen molar-refractivity contribution < 1.29 is 0 Å². The average Bonchev–Trinajstić information content (AvgIpc) is 2.59. The lowest BCUT2D eigenvalue weighted by Gasteiger charge is -2.07. The Hall–Kier alpha value is -0.860. The van der Waals surface area contributed by atoms with Crippen molar-refractivity contribution in [3.8, 4) is 11.3 Å². The molecule has 0 aliphatic rings. The molecule has 0 amide bonds. The molecule has 0 atom stereocenters. The normalized spacial score (nSPS) is 10.7. The Morgan fingerprint density at radius 2 is 1.80 bits per heavy atom. The minimum absolute atomic E-state index is 0.820. The van der Waals surface area contributed by atoms with Crippen molar-refractivity contribution in [1.29, 1.82) is 0 Å². The van der Waals surface area contributed by atoms with Crippen molar-refractivity contribution in [1.82, 2.24) is 4.98 Å². The molecule has 2 rings (SSSR count). The van der Waals surface area contributed by atoms with Gasteiger partial charge in [-0.1, -0.05) is 23.7 Å². The third kappa shape index (κ3) is 1.92. The van der Waals surface area contributed by atoms with Gasteiger partial charge in [-0.15, -0.1) is 11.3 Å². The van der Waals surface area contributed by atoms with E-state index in [1.807, 2.05) is 19.9 Å². The van der Waals surface area contributed by atoms with Crippen molar-refractivity contribution in [3.05, 3.63) is 38.7 Å². The second kappa shape index (κ2) is 3.95. The van der Waals surface area contributed by atoms with Gasteiger partial charge in [0.05, 0.1) is 15.7 Å². The lowest BCUT2D eigenvalue weighted by atomic mass is 10.0. The molecule has 0 saturated heterocycles. The molecule has 0 fully saturated rings. The predicted octanol–water partition coefficient (Wildman–Crippen LogP) is 4.39. The molecule has 0 saturated carbocycles. The highest BCUT2D eigenvalue weighted by molar-refractivity contribution is 7.09. The fourth-order valence-corrected chi connectivity index (χ4v) is 2.48. The van der Waals surface area contributed by atoms with Gasteiger partial charge < -0.3 is 0 Å². The summed E-state index contributed by atoms with van der Waals surface area (Å²) in [5.74, 6) is 0. The van der Waals surface area contributed by atoms with E-state index in [-0.39, 0.29) is 0 Å². The fourth-order valence-electron chi connectivity index (χ4n) is 1.57. The number of nitrogens with zero attached hydrogens (tertiary/aromatic N) is 1. The number of hydrogen-bond donors (Lipinski definition) is 0. The summed E-state index contributed by atoms with van der Waals surface area (Å²) in [6, 6.07) is 4.13. The zero-order valence-electron chi connectivity index (χ0n) is 8.97. The van der Waals surface area contributed by atoms with E-state index in [9.17, 15) is 0 Å². The van der Waals surface area contributed by atoms with Crippen molar-refractivity contribution in [3.63, 3.8) is 0 Å². The second-order valence-electron chi connectivity index (χ2n) is 3.64. The van der Waals surface area contributed by atoms with Crippen LogP contribution in [-0.2, 0) is 0 Å². The summed E-state index contributed by atoms with van der Waals surface area (Å²) < 4.78 is 0.